The first-order valence-corrected chi connectivity index (χ1v) is 7.79. The van der Waals surface area contributed by atoms with Gasteiger partial charge in [0.25, 0.3) is 0 Å². The van der Waals surface area contributed by atoms with Crippen LogP contribution in [0.4, 0.5) is 14.9 Å². The number of carbonyl (C=O) groups excluding carboxylic acids is 1. The summed E-state index contributed by atoms with van der Waals surface area (Å²) in [5, 5.41) is 13.6. The fourth-order valence-electron chi connectivity index (χ4n) is 2.43. The Morgan fingerprint density at radius 1 is 1.24 bits per heavy atom. The zero-order valence-corrected chi connectivity index (χ0v) is 14.2. The Balaban J connectivity index is 1.66. The average Bonchev–Trinajstić information content (AvgIpc) is 3.16. The molecule has 1 unspecified atom stereocenters. The Morgan fingerprint density at radius 2 is 2.04 bits per heavy atom. The second kappa shape index (κ2) is 6.76. The van der Waals surface area contributed by atoms with Gasteiger partial charge in [-0.15, -0.1) is 0 Å². The highest BCUT2D eigenvalue weighted by Crippen LogP contribution is 2.18. The van der Waals surface area contributed by atoms with E-state index in [1.165, 1.54) is 10.7 Å². The molecular weight excluding hydrogens is 323 g/mol. The summed E-state index contributed by atoms with van der Waals surface area (Å²) < 4.78 is 17.4. The van der Waals surface area contributed by atoms with Crippen molar-refractivity contribution in [2.45, 2.75) is 19.9 Å². The number of benzene rings is 1. The molecule has 7 nitrogen and oxygen atoms in total. The summed E-state index contributed by atoms with van der Waals surface area (Å²) in [6.07, 6.45) is 6.89. The molecule has 0 fully saturated rings. The normalized spacial score (nSPS) is 12.0. The van der Waals surface area contributed by atoms with Crippen LogP contribution < -0.4 is 10.6 Å². The van der Waals surface area contributed by atoms with E-state index in [0.29, 0.717) is 11.4 Å². The van der Waals surface area contributed by atoms with Crippen LogP contribution in [0.25, 0.3) is 5.69 Å². The standard InChI is InChI=1S/C17H19FN6O/c1-11-7-20-24(9-11)16-5-4-14(6-15(16)18)22-17(25)21-12(2)13-8-19-23(3)10-13/h4-10,12H,1-3H3,(H2,21,22,25). The molecule has 1 atom stereocenters. The minimum Gasteiger partial charge on any atom is -0.331 e. The third-order valence-electron chi connectivity index (χ3n) is 3.74. The van der Waals surface area contributed by atoms with E-state index in [9.17, 15) is 9.18 Å². The highest BCUT2D eigenvalue weighted by molar-refractivity contribution is 5.89. The molecule has 2 aromatic heterocycles. The smallest absolute Gasteiger partial charge is 0.319 e. The first-order chi connectivity index (χ1) is 11.9. The van der Waals surface area contributed by atoms with Gasteiger partial charge in [0.1, 0.15) is 5.69 Å². The molecule has 2 amide bonds. The van der Waals surface area contributed by atoms with Gasteiger partial charge in [-0.1, -0.05) is 0 Å². The molecule has 8 heteroatoms. The first kappa shape index (κ1) is 16.7. The summed E-state index contributed by atoms with van der Waals surface area (Å²) in [5.41, 5.74) is 2.50. The zero-order valence-electron chi connectivity index (χ0n) is 14.2. The van der Waals surface area contributed by atoms with Crippen molar-refractivity contribution in [1.29, 1.82) is 0 Å². The lowest BCUT2D eigenvalue weighted by atomic mass is 10.2. The number of rotatable bonds is 4. The van der Waals surface area contributed by atoms with E-state index in [-0.39, 0.29) is 6.04 Å². The molecule has 1 aromatic carbocycles. The van der Waals surface area contributed by atoms with E-state index in [0.717, 1.165) is 11.1 Å². The number of carbonyl (C=O) groups is 1. The maximum atomic E-state index is 14.3. The maximum Gasteiger partial charge on any atom is 0.319 e. The van der Waals surface area contributed by atoms with Gasteiger partial charge in [-0.2, -0.15) is 10.2 Å². The molecule has 0 bridgehead atoms. The van der Waals surface area contributed by atoms with Crippen molar-refractivity contribution in [1.82, 2.24) is 24.9 Å². The van der Waals surface area contributed by atoms with Crippen LogP contribution in [0.1, 0.15) is 24.1 Å². The van der Waals surface area contributed by atoms with Crippen molar-refractivity contribution in [3.05, 3.63) is 59.9 Å². The molecule has 3 rings (SSSR count). The maximum absolute atomic E-state index is 14.3. The second-order valence-electron chi connectivity index (χ2n) is 5.90. The average molecular weight is 342 g/mol. The van der Waals surface area contributed by atoms with Crippen LogP contribution >= 0.6 is 0 Å². The summed E-state index contributed by atoms with van der Waals surface area (Å²) in [6, 6.07) is 3.83. The van der Waals surface area contributed by atoms with Crippen molar-refractivity contribution < 1.29 is 9.18 Å². The molecule has 0 saturated heterocycles. The first-order valence-electron chi connectivity index (χ1n) is 7.79. The number of hydrogen-bond donors (Lipinski definition) is 2. The van der Waals surface area contributed by atoms with Gasteiger partial charge in [-0.25, -0.2) is 13.9 Å². The predicted molar refractivity (Wildman–Crippen MR) is 92.0 cm³/mol. The number of nitrogens with one attached hydrogen (secondary N) is 2. The third kappa shape index (κ3) is 3.85. The molecule has 25 heavy (non-hydrogen) atoms. The van der Waals surface area contributed by atoms with Gasteiger partial charge >= 0.3 is 6.03 Å². The second-order valence-corrected chi connectivity index (χ2v) is 5.90. The van der Waals surface area contributed by atoms with Crippen molar-refractivity contribution in [3.8, 4) is 5.69 Å². The Hall–Kier alpha value is -3.16. The Bertz CT molecular complexity index is 900. The van der Waals surface area contributed by atoms with E-state index < -0.39 is 11.8 Å². The lowest BCUT2D eigenvalue weighted by Gasteiger charge is -2.13. The highest BCUT2D eigenvalue weighted by Gasteiger charge is 2.12. The number of amides is 2. The van der Waals surface area contributed by atoms with Gasteiger partial charge in [0, 0.05) is 30.7 Å². The Morgan fingerprint density at radius 3 is 2.64 bits per heavy atom. The summed E-state index contributed by atoms with van der Waals surface area (Å²) in [6.45, 7) is 3.73. The van der Waals surface area contributed by atoms with E-state index in [2.05, 4.69) is 20.8 Å². The molecular formula is C17H19FN6O. The van der Waals surface area contributed by atoms with Gasteiger partial charge in [0.15, 0.2) is 5.82 Å². The summed E-state index contributed by atoms with van der Waals surface area (Å²) in [4.78, 5) is 12.1. The van der Waals surface area contributed by atoms with Crippen LogP contribution in [0.15, 0.2) is 43.0 Å². The van der Waals surface area contributed by atoms with Gasteiger partial charge in [0.05, 0.1) is 18.4 Å². The van der Waals surface area contributed by atoms with E-state index in [1.54, 1.807) is 35.4 Å². The number of urea groups is 1. The van der Waals surface area contributed by atoms with Gasteiger partial charge in [-0.05, 0) is 37.6 Å². The van der Waals surface area contributed by atoms with Gasteiger partial charge in [0.2, 0.25) is 0 Å². The third-order valence-corrected chi connectivity index (χ3v) is 3.74. The van der Waals surface area contributed by atoms with Crippen molar-refractivity contribution in [2.24, 2.45) is 7.05 Å². The molecule has 0 spiro atoms. The topological polar surface area (TPSA) is 76.8 Å². The van der Waals surface area contributed by atoms with Crippen molar-refractivity contribution in [2.75, 3.05) is 5.32 Å². The Labute approximate surface area is 144 Å². The number of aromatic nitrogens is 4. The van der Waals surface area contributed by atoms with Crippen LogP contribution in [0, 0.1) is 12.7 Å². The number of anilines is 1. The lowest BCUT2D eigenvalue weighted by Crippen LogP contribution is -2.31. The molecule has 2 heterocycles. The molecule has 0 radical (unpaired) electrons. The van der Waals surface area contributed by atoms with E-state index in [1.807, 2.05) is 27.1 Å². The number of nitrogens with zero attached hydrogens (tertiary/aromatic N) is 4. The van der Waals surface area contributed by atoms with Crippen LogP contribution in [0.2, 0.25) is 0 Å². The zero-order chi connectivity index (χ0) is 18.0. The Kier molecular flexibility index (Phi) is 4.51. The van der Waals surface area contributed by atoms with Crippen LogP contribution in [-0.2, 0) is 7.05 Å². The summed E-state index contributed by atoms with van der Waals surface area (Å²) in [5.74, 6) is -0.471. The number of hydrogen-bond acceptors (Lipinski definition) is 3. The minimum absolute atomic E-state index is 0.218. The highest BCUT2D eigenvalue weighted by atomic mass is 19.1. The van der Waals surface area contributed by atoms with Gasteiger partial charge < -0.3 is 10.6 Å². The number of halogens is 1. The van der Waals surface area contributed by atoms with Gasteiger partial charge in [-0.3, -0.25) is 4.68 Å². The largest absolute Gasteiger partial charge is 0.331 e. The van der Waals surface area contributed by atoms with Crippen LogP contribution in [-0.4, -0.2) is 25.6 Å². The van der Waals surface area contributed by atoms with E-state index in [4.69, 9.17) is 0 Å². The number of aryl methyl sites for hydroxylation is 2. The van der Waals surface area contributed by atoms with E-state index >= 15 is 0 Å². The minimum atomic E-state index is -0.471. The van der Waals surface area contributed by atoms with Crippen molar-refractivity contribution in [3.63, 3.8) is 0 Å². The van der Waals surface area contributed by atoms with Crippen LogP contribution in [0.3, 0.4) is 0 Å². The molecule has 0 aliphatic carbocycles. The molecule has 130 valence electrons. The summed E-state index contributed by atoms with van der Waals surface area (Å²) in [7, 11) is 1.81. The fraction of sp³-hybridized carbons (Fsp3) is 0.235. The lowest BCUT2D eigenvalue weighted by molar-refractivity contribution is 0.249. The SMILES string of the molecule is Cc1cnn(-c2ccc(NC(=O)NC(C)c3cnn(C)c3)cc2F)c1. The van der Waals surface area contributed by atoms with Crippen molar-refractivity contribution >= 4 is 11.7 Å². The van der Waals surface area contributed by atoms with Crippen LogP contribution in [0.5, 0.6) is 0 Å². The molecule has 3 aromatic rings. The quantitative estimate of drug-likeness (QED) is 0.765. The molecule has 0 aliphatic heterocycles. The molecule has 0 aliphatic rings. The monoisotopic (exact) mass is 342 g/mol. The predicted octanol–water partition coefficient (Wildman–Crippen LogP) is 2.94. The molecule has 0 saturated carbocycles. The fourth-order valence-corrected chi connectivity index (χ4v) is 2.43. The molecule has 2 N–H and O–H groups in total. The summed E-state index contributed by atoms with van der Waals surface area (Å²) >= 11 is 0.